The summed E-state index contributed by atoms with van der Waals surface area (Å²) < 4.78 is 5.65. The first-order valence-corrected chi connectivity index (χ1v) is 6.05. The smallest absolute Gasteiger partial charge is 0.0671 e. The van der Waals surface area contributed by atoms with Crippen LogP contribution in [-0.2, 0) is 4.74 Å². The number of unbranched alkanes of at least 4 members (excludes halogenated alkanes) is 1. The average Bonchev–Trinajstić information content (AvgIpc) is 2.16. The maximum Gasteiger partial charge on any atom is 0.0671 e. The molecule has 0 aromatic rings. The molecule has 0 radical (unpaired) electrons. The van der Waals surface area contributed by atoms with Crippen molar-refractivity contribution in [3.05, 3.63) is 0 Å². The van der Waals surface area contributed by atoms with E-state index in [-0.39, 0.29) is 0 Å². The highest BCUT2D eigenvalue weighted by Crippen LogP contribution is 1.97. The zero-order valence-corrected chi connectivity index (χ0v) is 10.3. The second kappa shape index (κ2) is 9.47. The third-order valence-corrected chi connectivity index (χ3v) is 2.38. The molecule has 0 aliphatic carbocycles. The van der Waals surface area contributed by atoms with Gasteiger partial charge in [0.15, 0.2) is 0 Å². The fourth-order valence-electron chi connectivity index (χ4n) is 1.39. The summed E-state index contributed by atoms with van der Waals surface area (Å²) >= 11 is 0. The molecule has 2 atom stereocenters. The highest BCUT2D eigenvalue weighted by Gasteiger charge is 2.04. The summed E-state index contributed by atoms with van der Waals surface area (Å²) in [5, 5.41) is 3.49. The van der Waals surface area contributed by atoms with Gasteiger partial charge in [0.2, 0.25) is 0 Å². The first kappa shape index (κ1) is 13.9. The molecule has 86 valence electrons. The van der Waals surface area contributed by atoms with Gasteiger partial charge in [0.1, 0.15) is 0 Å². The van der Waals surface area contributed by atoms with Crippen LogP contribution in [0.4, 0.5) is 0 Å². The topological polar surface area (TPSA) is 21.3 Å². The van der Waals surface area contributed by atoms with E-state index < -0.39 is 0 Å². The summed E-state index contributed by atoms with van der Waals surface area (Å²) in [4.78, 5) is 0. The van der Waals surface area contributed by atoms with Gasteiger partial charge < -0.3 is 10.1 Å². The van der Waals surface area contributed by atoms with Gasteiger partial charge in [-0.15, -0.1) is 0 Å². The lowest BCUT2D eigenvalue weighted by Crippen LogP contribution is -2.33. The van der Waals surface area contributed by atoms with Crippen molar-refractivity contribution >= 4 is 0 Å². The van der Waals surface area contributed by atoms with Crippen molar-refractivity contribution in [2.45, 2.75) is 65.5 Å². The molecule has 0 aromatic heterocycles. The molecule has 14 heavy (non-hydrogen) atoms. The van der Waals surface area contributed by atoms with Crippen LogP contribution in [0.5, 0.6) is 0 Å². The molecule has 2 heteroatoms. The number of nitrogens with one attached hydrogen (secondary N) is 1. The van der Waals surface area contributed by atoms with E-state index in [0.29, 0.717) is 12.1 Å². The van der Waals surface area contributed by atoms with Gasteiger partial charge in [-0.05, 0) is 26.7 Å². The molecule has 0 heterocycles. The molecule has 0 aliphatic heterocycles. The highest BCUT2D eigenvalue weighted by molar-refractivity contribution is 4.62. The van der Waals surface area contributed by atoms with Crippen molar-refractivity contribution in [3.8, 4) is 0 Å². The number of hydrogen-bond donors (Lipinski definition) is 1. The molecular weight excluding hydrogens is 174 g/mol. The monoisotopic (exact) mass is 201 g/mol. The predicted molar refractivity (Wildman–Crippen MR) is 62.7 cm³/mol. The minimum absolute atomic E-state index is 0.348. The van der Waals surface area contributed by atoms with Gasteiger partial charge in [-0.25, -0.2) is 0 Å². The van der Waals surface area contributed by atoms with E-state index in [1.54, 1.807) is 0 Å². The molecular formula is C12H27NO. The number of ether oxygens (including phenoxy) is 1. The zero-order valence-electron chi connectivity index (χ0n) is 10.3. The Morgan fingerprint density at radius 1 is 1.14 bits per heavy atom. The second-order valence-corrected chi connectivity index (χ2v) is 4.13. The van der Waals surface area contributed by atoms with Crippen LogP contribution in [0.1, 0.15) is 53.4 Å². The number of hydrogen-bond acceptors (Lipinski definition) is 2. The molecule has 2 unspecified atom stereocenters. The Morgan fingerprint density at radius 2 is 1.86 bits per heavy atom. The second-order valence-electron chi connectivity index (χ2n) is 4.13. The Balaban J connectivity index is 3.29. The fraction of sp³-hybridized carbons (Fsp3) is 1.00. The maximum absolute atomic E-state index is 5.65. The van der Waals surface area contributed by atoms with Gasteiger partial charge in [0.05, 0.1) is 6.10 Å². The van der Waals surface area contributed by atoms with E-state index in [1.165, 1.54) is 25.7 Å². The molecule has 0 saturated carbocycles. The third-order valence-electron chi connectivity index (χ3n) is 2.38. The molecule has 0 aliphatic rings. The Hall–Kier alpha value is -0.0800. The standard InChI is InChI=1S/C12H27NO/c1-5-7-9-14-12(4)10-13-11(3)8-6-2/h11-13H,5-10H2,1-4H3. The molecule has 0 amide bonds. The van der Waals surface area contributed by atoms with Crippen molar-refractivity contribution in [3.63, 3.8) is 0 Å². The van der Waals surface area contributed by atoms with Crippen molar-refractivity contribution in [1.29, 1.82) is 0 Å². The van der Waals surface area contributed by atoms with Crippen LogP contribution in [0.25, 0.3) is 0 Å². The summed E-state index contributed by atoms with van der Waals surface area (Å²) in [5.41, 5.74) is 0. The summed E-state index contributed by atoms with van der Waals surface area (Å²) in [7, 11) is 0. The largest absolute Gasteiger partial charge is 0.377 e. The van der Waals surface area contributed by atoms with Gasteiger partial charge in [-0.1, -0.05) is 26.7 Å². The summed E-state index contributed by atoms with van der Waals surface area (Å²) in [5.74, 6) is 0. The quantitative estimate of drug-likeness (QED) is 0.579. The highest BCUT2D eigenvalue weighted by atomic mass is 16.5. The van der Waals surface area contributed by atoms with E-state index in [2.05, 4.69) is 33.0 Å². The first-order valence-electron chi connectivity index (χ1n) is 6.05. The van der Waals surface area contributed by atoms with E-state index in [0.717, 1.165) is 13.2 Å². The van der Waals surface area contributed by atoms with Crippen molar-refractivity contribution in [2.24, 2.45) is 0 Å². The lowest BCUT2D eigenvalue weighted by Gasteiger charge is -2.17. The summed E-state index contributed by atoms with van der Waals surface area (Å²) in [6.45, 7) is 10.7. The van der Waals surface area contributed by atoms with Gasteiger partial charge in [0, 0.05) is 19.2 Å². The van der Waals surface area contributed by atoms with E-state index in [9.17, 15) is 0 Å². The van der Waals surface area contributed by atoms with Gasteiger partial charge in [-0.2, -0.15) is 0 Å². The molecule has 2 nitrogen and oxygen atoms in total. The SMILES string of the molecule is CCCCOC(C)CNC(C)CCC. The molecule has 0 saturated heterocycles. The van der Waals surface area contributed by atoms with Crippen molar-refractivity contribution in [1.82, 2.24) is 5.32 Å². The van der Waals surface area contributed by atoms with E-state index in [1.807, 2.05) is 0 Å². The molecule has 0 fully saturated rings. The van der Waals surface area contributed by atoms with Crippen LogP contribution in [0.2, 0.25) is 0 Å². The molecule has 0 bridgehead atoms. The summed E-state index contributed by atoms with van der Waals surface area (Å²) in [6, 6.07) is 0.622. The minimum atomic E-state index is 0.348. The average molecular weight is 201 g/mol. The Bertz CT molecular complexity index is 117. The molecule has 0 rings (SSSR count). The zero-order chi connectivity index (χ0) is 10.8. The maximum atomic E-state index is 5.65. The van der Waals surface area contributed by atoms with Gasteiger partial charge in [0.25, 0.3) is 0 Å². The molecule has 0 spiro atoms. The van der Waals surface area contributed by atoms with Crippen molar-refractivity contribution < 1.29 is 4.74 Å². The third kappa shape index (κ3) is 8.52. The fourth-order valence-corrected chi connectivity index (χ4v) is 1.39. The van der Waals surface area contributed by atoms with Crippen LogP contribution in [0.3, 0.4) is 0 Å². The Labute approximate surface area is 89.4 Å². The van der Waals surface area contributed by atoms with Crippen LogP contribution in [-0.4, -0.2) is 25.3 Å². The van der Waals surface area contributed by atoms with Crippen molar-refractivity contribution in [2.75, 3.05) is 13.2 Å². The molecule has 0 aromatic carbocycles. The van der Waals surface area contributed by atoms with Crippen LogP contribution in [0.15, 0.2) is 0 Å². The lowest BCUT2D eigenvalue weighted by atomic mass is 10.2. The van der Waals surface area contributed by atoms with Crippen LogP contribution in [0, 0.1) is 0 Å². The summed E-state index contributed by atoms with van der Waals surface area (Å²) in [6.07, 6.45) is 5.24. The normalized spacial score (nSPS) is 15.4. The van der Waals surface area contributed by atoms with Crippen LogP contribution < -0.4 is 5.32 Å². The Morgan fingerprint density at radius 3 is 2.43 bits per heavy atom. The lowest BCUT2D eigenvalue weighted by molar-refractivity contribution is 0.0621. The number of rotatable bonds is 9. The first-order chi connectivity index (χ1) is 6.70. The van der Waals surface area contributed by atoms with E-state index >= 15 is 0 Å². The Kier molecular flexibility index (Phi) is 9.42. The molecule has 1 N–H and O–H groups in total. The predicted octanol–water partition coefficient (Wildman–Crippen LogP) is 2.97. The van der Waals surface area contributed by atoms with Gasteiger partial charge in [-0.3, -0.25) is 0 Å². The minimum Gasteiger partial charge on any atom is -0.377 e. The van der Waals surface area contributed by atoms with E-state index in [4.69, 9.17) is 4.74 Å². The van der Waals surface area contributed by atoms with Gasteiger partial charge >= 0.3 is 0 Å². The van der Waals surface area contributed by atoms with Crippen LogP contribution >= 0.6 is 0 Å².